The highest BCUT2D eigenvalue weighted by Crippen LogP contribution is 2.24. The largest absolute Gasteiger partial charge is 0.322 e. The Hall–Kier alpha value is -1.77. The summed E-state index contributed by atoms with van der Waals surface area (Å²) in [6.07, 6.45) is 1.94. The lowest BCUT2D eigenvalue weighted by Crippen LogP contribution is -2.16. The predicted molar refractivity (Wildman–Crippen MR) is 90.6 cm³/mol. The van der Waals surface area contributed by atoms with Gasteiger partial charge in [-0.15, -0.1) is 0 Å². The van der Waals surface area contributed by atoms with Gasteiger partial charge < -0.3 is 5.73 Å². The van der Waals surface area contributed by atoms with Crippen molar-refractivity contribution < 1.29 is 8.78 Å². The van der Waals surface area contributed by atoms with E-state index in [1.54, 1.807) is 6.20 Å². The van der Waals surface area contributed by atoms with Gasteiger partial charge in [-0.2, -0.15) is 0 Å². The highest BCUT2D eigenvalue weighted by molar-refractivity contribution is 9.10. The molecule has 0 aliphatic carbocycles. The summed E-state index contributed by atoms with van der Waals surface area (Å²) in [5, 5.41) is 0. The van der Waals surface area contributed by atoms with Crippen LogP contribution >= 0.6 is 15.9 Å². The van der Waals surface area contributed by atoms with E-state index in [1.165, 1.54) is 12.1 Å². The third-order valence-corrected chi connectivity index (χ3v) is 3.74. The van der Waals surface area contributed by atoms with Gasteiger partial charge >= 0.3 is 0 Å². The van der Waals surface area contributed by atoms with Gasteiger partial charge in [-0.25, -0.2) is 8.78 Å². The SMILES string of the molecule is CC(C)C#Cc1cnc([C@@H](N)Cc2cc(F)cc(F)c2)c(Br)c1. The average Bonchev–Trinajstić information content (AvgIpc) is 2.43. The van der Waals surface area contributed by atoms with Gasteiger partial charge in [-0.1, -0.05) is 25.7 Å². The van der Waals surface area contributed by atoms with Gasteiger partial charge in [0.1, 0.15) is 11.6 Å². The van der Waals surface area contributed by atoms with Crippen LogP contribution in [0.1, 0.15) is 36.7 Å². The first-order valence-electron chi connectivity index (χ1n) is 7.22. The number of nitrogens with two attached hydrogens (primary N) is 1. The number of rotatable bonds is 3. The molecular formula is C18H17BrF2N2. The summed E-state index contributed by atoms with van der Waals surface area (Å²) in [5.41, 5.74) is 8.04. The van der Waals surface area contributed by atoms with Gasteiger partial charge in [0, 0.05) is 28.2 Å². The lowest BCUT2D eigenvalue weighted by molar-refractivity contribution is 0.575. The summed E-state index contributed by atoms with van der Waals surface area (Å²) >= 11 is 3.44. The molecule has 0 bridgehead atoms. The Kier molecular flexibility index (Phi) is 5.86. The molecule has 0 saturated carbocycles. The lowest BCUT2D eigenvalue weighted by Gasteiger charge is -2.13. The molecule has 2 rings (SSSR count). The quantitative estimate of drug-likeness (QED) is 0.805. The van der Waals surface area contributed by atoms with Crippen molar-refractivity contribution in [2.24, 2.45) is 11.7 Å². The molecular weight excluding hydrogens is 362 g/mol. The monoisotopic (exact) mass is 378 g/mol. The maximum atomic E-state index is 13.2. The second-order valence-electron chi connectivity index (χ2n) is 5.60. The lowest BCUT2D eigenvalue weighted by atomic mass is 10.0. The van der Waals surface area contributed by atoms with Crippen LogP contribution in [0.15, 0.2) is 34.9 Å². The minimum absolute atomic E-state index is 0.276. The van der Waals surface area contributed by atoms with Crippen LogP contribution in [-0.4, -0.2) is 4.98 Å². The van der Waals surface area contributed by atoms with Crippen LogP contribution in [0.2, 0.25) is 0 Å². The molecule has 0 aliphatic rings. The van der Waals surface area contributed by atoms with Crippen LogP contribution in [0.25, 0.3) is 0 Å². The molecule has 2 aromatic rings. The van der Waals surface area contributed by atoms with Crippen LogP contribution in [0.3, 0.4) is 0 Å². The van der Waals surface area contributed by atoms with Crippen molar-refractivity contribution in [2.75, 3.05) is 0 Å². The fraction of sp³-hybridized carbons (Fsp3) is 0.278. The number of halogens is 3. The Morgan fingerprint density at radius 2 is 1.83 bits per heavy atom. The van der Waals surface area contributed by atoms with Crippen LogP contribution in [0.5, 0.6) is 0 Å². The molecule has 1 aromatic carbocycles. The minimum Gasteiger partial charge on any atom is -0.322 e. The molecule has 0 fully saturated rings. The van der Waals surface area contributed by atoms with Gasteiger partial charge in [0.2, 0.25) is 0 Å². The Morgan fingerprint density at radius 3 is 2.39 bits per heavy atom. The van der Waals surface area contributed by atoms with E-state index in [2.05, 4.69) is 32.8 Å². The minimum atomic E-state index is -0.612. The highest BCUT2D eigenvalue weighted by Gasteiger charge is 2.14. The van der Waals surface area contributed by atoms with Gasteiger partial charge in [0.25, 0.3) is 0 Å². The summed E-state index contributed by atoms with van der Waals surface area (Å²) in [4.78, 5) is 4.34. The van der Waals surface area contributed by atoms with E-state index in [0.29, 0.717) is 11.3 Å². The van der Waals surface area contributed by atoms with Gasteiger partial charge in [-0.05, 0) is 46.1 Å². The molecule has 1 heterocycles. The van der Waals surface area contributed by atoms with Crippen molar-refractivity contribution >= 4 is 15.9 Å². The Balaban J connectivity index is 2.19. The van der Waals surface area contributed by atoms with Crippen molar-refractivity contribution in [3.63, 3.8) is 0 Å². The Bertz CT molecular complexity index is 743. The topological polar surface area (TPSA) is 38.9 Å². The second kappa shape index (κ2) is 7.67. The van der Waals surface area contributed by atoms with Crippen LogP contribution in [0.4, 0.5) is 8.78 Å². The molecule has 23 heavy (non-hydrogen) atoms. The van der Waals surface area contributed by atoms with Gasteiger partial charge in [0.15, 0.2) is 0 Å². The number of hydrogen-bond donors (Lipinski definition) is 1. The summed E-state index contributed by atoms with van der Waals surface area (Å²) in [7, 11) is 0. The molecule has 0 amide bonds. The zero-order valence-electron chi connectivity index (χ0n) is 12.9. The Labute approximate surface area is 143 Å². The van der Waals surface area contributed by atoms with E-state index in [9.17, 15) is 8.78 Å². The van der Waals surface area contributed by atoms with Gasteiger partial charge in [0.05, 0.1) is 11.7 Å². The fourth-order valence-electron chi connectivity index (χ4n) is 2.10. The highest BCUT2D eigenvalue weighted by atomic mass is 79.9. The summed E-state index contributed by atoms with van der Waals surface area (Å²) in [6, 6.07) is 4.77. The van der Waals surface area contributed by atoms with E-state index < -0.39 is 17.7 Å². The number of nitrogens with zero attached hydrogens (tertiary/aromatic N) is 1. The smallest absolute Gasteiger partial charge is 0.126 e. The van der Waals surface area contributed by atoms with Crippen LogP contribution in [-0.2, 0) is 6.42 Å². The maximum Gasteiger partial charge on any atom is 0.126 e. The standard InChI is InChI=1S/C18H17BrF2N2/c1-11(2)3-4-12-7-16(19)18(23-10-12)17(22)8-13-5-14(20)9-15(21)6-13/h5-7,9-11,17H,8,22H2,1-2H3/t17-/m0/s1. The Morgan fingerprint density at radius 1 is 1.17 bits per heavy atom. The number of aromatic nitrogens is 1. The number of benzene rings is 1. The fourth-order valence-corrected chi connectivity index (χ4v) is 2.74. The van der Waals surface area contributed by atoms with Crippen LogP contribution < -0.4 is 5.73 Å². The van der Waals surface area contributed by atoms with Gasteiger partial charge in [-0.3, -0.25) is 4.98 Å². The van der Waals surface area contributed by atoms with Crippen molar-refractivity contribution in [3.05, 3.63) is 63.4 Å². The van der Waals surface area contributed by atoms with Crippen molar-refractivity contribution in [1.29, 1.82) is 0 Å². The van der Waals surface area contributed by atoms with Crippen molar-refractivity contribution in [3.8, 4) is 11.8 Å². The number of hydrogen-bond acceptors (Lipinski definition) is 2. The third kappa shape index (κ3) is 5.12. The summed E-state index contributed by atoms with van der Waals surface area (Å²) < 4.78 is 27.2. The molecule has 0 saturated heterocycles. The normalized spacial score (nSPS) is 12.0. The first-order valence-corrected chi connectivity index (χ1v) is 8.02. The molecule has 0 spiro atoms. The van der Waals surface area contributed by atoms with E-state index >= 15 is 0 Å². The molecule has 5 heteroatoms. The van der Waals surface area contributed by atoms with E-state index in [4.69, 9.17) is 5.73 Å². The first kappa shape index (κ1) is 17.6. The molecule has 2 nitrogen and oxygen atoms in total. The van der Waals surface area contributed by atoms with E-state index in [0.717, 1.165) is 16.1 Å². The zero-order chi connectivity index (χ0) is 17.0. The predicted octanol–water partition coefficient (Wildman–Crippen LogP) is 4.37. The van der Waals surface area contributed by atoms with Crippen molar-refractivity contribution in [2.45, 2.75) is 26.3 Å². The van der Waals surface area contributed by atoms with E-state index in [1.807, 2.05) is 19.9 Å². The average molecular weight is 379 g/mol. The summed E-state index contributed by atoms with van der Waals surface area (Å²) in [6.45, 7) is 4.02. The van der Waals surface area contributed by atoms with Crippen molar-refractivity contribution in [1.82, 2.24) is 4.98 Å². The molecule has 0 unspecified atom stereocenters. The number of pyridine rings is 1. The first-order chi connectivity index (χ1) is 10.8. The summed E-state index contributed by atoms with van der Waals surface area (Å²) in [5.74, 6) is 5.15. The molecule has 1 aromatic heterocycles. The molecule has 0 radical (unpaired) electrons. The second-order valence-corrected chi connectivity index (χ2v) is 6.46. The third-order valence-electron chi connectivity index (χ3n) is 3.10. The molecule has 120 valence electrons. The van der Waals surface area contributed by atoms with Crippen LogP contribution in [0, 0.1) is 29.4 Å². The molecule has 0 aliphatic heterocycles. The molecule has 2 N–H and O–H groups in total. The van der Waals surface area contributed by atoms with E-state index in [-0.39, 0.29) is 12.3 Å². The molecule has 1 atom stereocenters. The zero-order valence-corrected chi connectivity index (χ0v) is 14.5. The maximum absolute atomic E-state index is 13.2.